The average molecular weight is 394 g/mol. The third-order valence-electron chi connectivity index (χ3n) is 5.87. The first kappa shape index (κ1) is 22.5. The van der Waals surface area contributed by atoms with Crippen molar-refractivity contribution in [2.75, 3.05) is 46.8 Å². The first-order valence-electron chi connectivity index (χ1n) is 11.0. The van der Waals surface area contributed by atoms with Crippen molar-refractivity contribution in [2.24, 2.45) is 10.4 Å². The Hall–Kier alpha value is -1.79. The van der Waals surface area contributed by atoms with E-state index in [4.69, 9.17) is 4.99 Å². The molecule has 0 aromatic heterocycles. The van der Waals surface area contributed by atoms with Crippen LogP contribution in [0.2, 0.25) is 0 Å². The molecule has 0 bridgehead atoms. The van der Waals surface area contributed by atoms with Gasteiger partial charge in [-0.3, -0.25) is 14.6 Å². The number of nitrogens with one attached hydrogen (secondary N) is 2. The minimum atomic E-state index is -0.343. The monoisotopic (exact) mass is 393 g/mol. The number of aliphatic imine (C=N–C) groups is 1. The maximum Gasteiger partial charge on any atom is 0.230 e. The standard InChI is InChI=1S/C21H39N5O2/c1-4-22-20(23-14-10-16-26-15-9-5-6-11-18(26)27)24-17-21(12-7-8-13-21)19(28)25(2)3/h4-17H2,1-3H3,(H2,22,23,24). The maximum absolute atomic E-state index is 12.7. The van der Waals surface area contributed by atoms with Gasteiger partial charge >= 0.3 is 0 Å². The zero-order chi connectivity index (χ0) is 20.4. The van der Waals surface area contributed by atoms with Crippen molar-refractivity contribution in [3.63, 3.8) is 0 Å². The number of amides is 2. The molecule has 1 saturated heterocycles. The van der Waals surface area contributed by atoms with E-state index in [1.807, 2.05) is 25.9 Å². The van der Waals surface area contributed by atoms with E-state index in [-0.39, 0.29) is 11.3 Å². The summed E-state index contributed by atoms with van der Waals surface area (Å²) in [4.78, 5) is 33.3. The topological polar surface area (TPSA) is 77.0 Å². The lowest BCUT2D eigenvalue weighted by atomic mass is 9.85. The summed E-state index contributed by atoms with van der Waals surface area (Å²) in [6.07, 6.45) is 8.94. The molecule has 1 aliphatic heterocycles. The van der Waals surface area contributed by atoms with Crippen LogP contribution in [0, 0.1) is 5.41 Å². The van der Waals surface area contributed by atoms with Crippen molar-refractivity contribution < 1.29 is 9.59 Å². The van der Waals surface area contributed by atoms with Gasteiger partial charge in [0.1, 0.15) is 0 Å². The summed E-state index contributed by atoms with van der Waals surface area (Å²) in [5.74, 6) is 1.26. The summed E-state index contributed by atoms with van der Waals surface area (Å²) in [5.41, 5.74) is -0.343. The second-order valence-electron chi connectivity index (χ2n) is 8.35. The molecule has 2 fully saturated rings. The molecule has 0 aromatic rings. The Balaban J connectivity index is 1.85. The number of nitrogens with zero attached hydrogens (tertiary/aromatic N) is 3. The molecule has 0 unspecified atom stereocenters. The highest BCUT2D eigenvalue weighted by Crippen LogP contribution is 2.39. The molecule has 7 heteroatoms. The van der Waals surface area contributed by atoms with E-state index in [1.165, 1.54) is 0 Å². The highest BCUT2D eigenvalue weighted by atomic mass is 16.2. The number of carbonyl (C=O) groups is 2. The van der Waals surface area contributed by atoms with Crippen LogP contribution in [-0.4, -0.2) is 74.4 Å². The number of carbonyl (C=O) groups excluding carboxylic acids is 2. The van der Waals surface area contributed by atoms with Gasteiger partial charge in [-0.15, -0.1) is 0 Å². The minimum absolute atomic E-state index is 0.198. The fourth-order valence-electron chi connectivity index (χ4n) is 4.29. The first-order valence-corrected chi connectivity index (χ1v) is 11.0. The zero-order valence-electron chi connectivity index (χ0n) is 18.1. The molecule has 0 aromatic carbocycles. The minimum Gasteiger partial charge on any atom is -0.357 e. The maximum atomic E-state index is 12.7. The van der Waals surface area contributed by atoms with E-state index in [0.717, 1.165) is 83.5 Å². The number of guanidine groups is 1. The number of hydrogen-bond donors (Lipinski definition) is 2. The summed E-state index contributed by atoms with van der Waals surface area (Å²) in [5, 5.41) is 6.66. The molecule has 0 atom stereocenters. The van der Waals surface area contributed by atoms with Crippen molar-refractivity contribution >= 4 is 17.8 Å². The Labute approximate surface area is 170 Å². The van der Waals surface area contributed by atoms with Gasteiger partial charge in [0.05, 0.1) is 12.0 Å². The SMILES string of the molecule is CCNC(=NCC1(C(=O)N(C)C)CCCC1)NCCCN1CCCCCC1=O. The van der Waals surface area contributed by atoms with Crippen LogP contribution < -0.4 is 10.6 Å². The third-order valence-corrected chi connectivity index (χ3v) is 5.87. The fourth-order valence-corrected chi connectivity index (χ4v) is 4.29. The van der Waals surface area contributed by atoms with Gasteiger partial charge in [0.2, 0.25) is 11.8 Å². The van der Waals surface area contributed by atoms with Gasteiger partial charge in [-0.2, -0.15) is 0 Å². The lowest BCUT2D eigenvalue weighted by Gasteiger charge is -2.29. The quantitative estimate of drug-likeness (QED) is 0.376. The molecule has 160 valence electrons. The van der Waals surface area contributed by atoms with Gasteiger partial charge < -0.3 is 20.4 Å². The Kier molecular flexibility index (Phi) is 9.06. The van der Waals surface area contributed by atoms with E-state index >= 15 is 0 Å². The predicted octanol–water partition coefficient (Wildman–Crippen LogP) is 1.98. The van der Waals surface area contributed by atoms with Gasteiger partial charge in [0.25, 0.3) is 0 Å². The Morgan fingerprint density at radius 2 is 1.89 bits per heavy atom. The van der Waals surface area contributed by atoms with Crippen molar-refractivity contribution in [2.45, 2.75) is 64.7 Å². The number of likely N-dealkylation sites (tertiary alicyclic amines) is 1. The molecule has 2 N–H and O–H groups in total. The molecule has 0 spiro atoms. The lowest BCUT2D eigenvalue weighted by Crippen LogP contribution is -2.43. The Morgan fingerprint density at radius 3 is 2.57 bits per heavy atom. The van der Waals surface area contributed by atoms with E-state index in [1.54, 1.807) is 4.90 Å². The summed E-state index contributed by atoms with van der Waals surface area (Å²) in [6, 6.07) is 0. The lowest BCUT2D eigenvalue weighted by molar-refractivity contribution is -0.138. The van der Waals surface area contributed by atoms with Crippen LogP contribution in [0.1, 0.15) is 64.7 Å². The van der Waals surface area contributed by atoms with E-state index < -0.39 is 0 Å². The molecular weight excluding hydrogens is 354 g/mol. The van der Waals surface area contributed by atoms with E-state index in [2.05, 4.69) is 10.6 Å². The number of rotatable bonds is 8. The largest absolute Gasteiger partial charge is 0.357 e. The van der Waals surface area contributed by atoms with Gasteiger partial charge in [0, 0.05) is 46.7 Å². The molecule has 2 amide bonds. The third kappa shape index (κ3) is 6.38. The van der Waals surface area contributed by atoms with Crippen LogP contribution >= 0.6 is 0 Å². The van der Waals surface area contributed by atoms with Gasteiger partial charge in [-0.25, -0.2) is 0 Å². The number of hydrogen-bond acceptors (Lipinski definition) is 3. The normalized spacial score (nSPS) is 20.0. The highest BCUT2D eigenvalue weighted by Gasteiger charge is 2.42. The second-order valence-corrected chi connectivity index (χ2v) is 8.35. The molecule has 28 heavy (non-hydrogen) atoms. The summed E-state index contributed by atoms with van der Waals surface area (Å²) < 4.78 is 0. The second kappa shape index (κ2) is 11.3. The molecule has 1 saturated carbocycles. The smallest absolute Gasteiger partial charge is 0.230 e. The van der Waals surface area contributed by atoms with Crippen molar-refractivity contribution in [3.8, 4) is 0 Å². The van der Waals surface area contributed by atoms with Crippen LogP contribution in [0.15, 0.2) is 4.99 Å². The molecule has 2 aliphatic rings. The predicted molar refractivity (Wildman–Crippen MR) is 113 cm³/mol. The summed E-state index contributed by atoms with van der Waals surface area (Å²) in [7, 11) is 3.67. The van der Waals surface area contributed by atoms with Crippen molar-refractivity contribution in [3.05, 3.63) is 0 Å². The van der Waals surface area contributed by atoms with E-state index in [9.17, 15) is 9.59 Å². The average Bonchev–Trinajstić information content (AvgIpc) is 3.07. The van der Waals surface area contributed by atoms with Crippen LogP contribution in [0.5, 0.6) is 0 Å². The van der Waals surface area contributed by atoms with E-state index in [0.29, 0.717) is 18.9 Å². The first-order chi connectivity index (χ1) is 13.5. The molecule has 1 aliphatic carbocycles. The van der Waals surface area contributed by atoms with Gasteiger partial charge in [-0.1, -0.05) is 19.3 Å². The van der Waals surface area contributed by atoms with Crippen molar-refractivity contribution in [1.82, 2.24) is 20.4 Å². The zero-order valence-corrected chi connectivity index (χ0v) is 18.1. The molecule has 1 heterocycles. The van der Waals surface area contributed by atoms with Crippen LogP contribution in [0.4, 0.5) is 0 Å². The van der Waals surface area contributed by atoms with Gasteiger partial charge in [-0.05, 0) is 39.0 Å². The fraction of sp³-hybridized carbons (Fsp3) is 0.857. The molecule has 7 nitrogen and oxygen atoms in total. The van der Waals surface area contributed by atoms with Crippen LogP contribution in [0.25, 0.3) is 0 Å². The molecular formula is C21H39N5O2. The summed E-state index contributed by atoms with van der Waals surface area (Å²) in [6.45, 7) is 5.82. The summed E-state index contributed by atoms with van der Waals surface area (Å²) >= 11 is 0. The molecule has 2 rings (SSSR count). The highest BCUT2D eigenvalue weighted by molar-refractivity contribution is 5.84. The van der Waals surface area contributed by atoms with Crippen LogP contribution in [-0.2, 0) is 9.59 Å². The van der Waals surface area contributed by atoms with Crippen LogP contribution in [0.3, 0.4) is 0 Å². The van der Waals surface area contributed by atoms with Crippen molar-refractivity contribution in [1.29, 1.82) is 0 Å². The molecule has 0 radical (unpaired) electrons. The Morgan fingerprint density at radius 1 is 1.14 bits per heavy atom. The van der Waals surface area contributed by atoms with Gasteiger partial charge in [0.15, 0.2) is 5.96 Å². The Bertz CT molecular complexity index is 541.